The molecular weight excluding hydrogens is 192 g/mol. The zero-order valence-corrected chi connectivity index (χ0v) is 12.6. The summed E-state index contributed by atoms with van der Waals surface area (Å²) in [5.74, 6) is 0. The van der Waals surface area contributed by atoms with Crippen molar-refractivity contribution in [1.29, 1.82) is 0 Å². The third-order valence-corrected chi connectivity index (χ3v) is 2.35. The smallest absolute Gasteiger partial charge is 0.346 e. The van der Waals surface area contributed by atoms with E-state index in [0.717, 1.165) is 6.42 Å². The molecule has 0 amide bonds. The van der Waals surface area contributed by atoms with E-state index in [-0.39, 0.29) is 23.1 Å². The summed E-state index contributed by atoms with van der Waals surface area (Å²) in [6.45, 7) is 11.1. The van der Waals surface area contributed by atoms with Crippen molar-refractivity contribution in [3.8, 4) is 0 Å². The van der Waals surface area contributed by atoms with Gasteiger partial charge in [0.05, 0.1) is 0 Å². The molecule has 0 saturated heterocycles. The van der Waals surface area contributed by atoms with E-state index < -0.39 is 0 Å². The summed E-state index contributed by atoms with van der Waals surface area (Å²) in [6.07, 6.45) is 13.9. The van der Waals surface area contributed by atoms with Crippen LogP contribution in [0.25, 0.3) is 0 Å². The second-order valence-corrected chi connectivity index (χ2v) is 3.68. The third kappa shape index (κ3) is 25.2. The summed E-state index contributed by atoms with van der Waals surface area (Å²) in [7, 11) is 0. The van der Waals surface area contributed by atoms with Crippen molar-refractivity contribution < 1.29 is 0 Å². The Bertz CT molecular complexity index is 61.7. The van der Waals surface area contributed by atoms with Crippen LogP contribution in [0.5, 0.6) is 0 Å². The number of rotatable bonds is 9. The van der Waals surface area contributed by atoms with Gasteiger partial charge in [0.15, 0.2) is 0 Å². The molecule has 0 radical (unpaired) electrons. The standard InChI is InChI=1S/C12H25.C2H5.Mg/c1-3-5-7-9-11-12-10-8-6-4-2;1-2;/h1,3-12H2,2H3;1H2,2H3;/q2*-1;+2. The van der Waals surface area contributed by atoms with Crippen molar-refractivity contribution in [1.82, 2.24) is 0 Å². The first-order chi connectivity index (χ1) is 6.91. The van der Waals surface area contributed by atoms with Gasteiger partial charge in [-0.1, -0.05) is 64.7 Å². The van der Waals surface area contributed by atoms with Gasteiger partial charge in [0.25, 0.3) is 0 Å². The molecule has 0 heterocycles. The summed E-state index contributed by atoms with van der Waals surface area (Å²) in [6, 6.07) is 0. The van der Waals surface area contributed by atoms with E-state index in [1.54, 1.807) is 6.92 Å². The van der Waals surface area contributed by atoms with E-state index in [4.69, 9.17) is 0 Å². The Hall–Kier alpha value is 0.766. The summed E-state index contributed by atoms with van der Waals surface area (Å²) in [5, 5.41) is 0. The van der Waals surface area contributed by atoms with Gasteiger partial charge < -0.3 is 13.8 Å². The molecule has 0 saturated carbocycles. The largest absolute Gasteiger partial charge is 2.00 e. The van der Waals surface area contributed by atoms with Gasteiger partial charge in [-0.15, -0.1) is 0 Å². The summed E-state index contributed by atoms with van der Waals surface area (Å²) in [4.78, 5) is 0. The predicted molar refractivity (Wildman–Crippen MR) is 74.0 cm³/mol. The van der Waals surface area contributed by atoms with Gasteiger partial charge >= 0.3 is 23.1 Å². The van der Waals surface area contributed by atoms with Gasteiger partial charge in [0.1, 0.15) is 0 Å². The van der Waals surface area contributed by atoms with Crippen LogP contribution in [0.2, 0.25) is 0 Å². The van der Waals surface area contributed by atoms with E-state index in [9.17, 15) is 0 Å². The minimum Gasteiger partial charge on any atom is -0.346 e. The summed E-state index contributed by atoms with van der Waals surface area (Å²) in [5.41, 5.74) is 0. The SMILES string of the molecule is [CH2-]C.[CH2-]CCCCCCCCCCC.[Mg+2]. The molecule has 0 atom stereocenters. The summed E-state index contributed by atoms with van der Waals surface area (Å²) < 4.78 is 0. The first kappa shape index (κ1) is 21.1. The molecule has 0 nitrogen and oxygen atoms in total. The molecule has 0 aromatic rings. The van der Waals surface area contributed by atoms with Crippen molar-refractivity contribution in [2.24, 2.45) is 0 Å². The van der Waals surface area contributed by atoms with Crippen LogP contribution in [0.4, 0.5) is 0 Å². The Labute approximate surface area is 115 Å². The first-order valence-electron chi connectivity index (χ1n) is 6.41. The van der Waals surface area contributed by atoms with Crippen molar-refractivity contribution in [3.05, 3.63) is 13.8 Å². The molecule has 15 heavy (non-hydrogen) atoms. The molecule has 0 unspecified atom stereocenters. The Morgan fingerprint density at radius 3 is 1.33 bits per heavy atom. The number of hydrogen-bond acceptors (Lipinski definition) is 0. The maximum Gasteiger partial charge on any atom is 2.00 e. The Morgan fingerprint density at radius 2 is 1.00 bits per heavy atom. The summed E-state index contributed by atoms with van der Waals surface area (Å²) >= 11 is 0. The topological polar surface area (TPSA) is 0 Å². The quantitative estimate of drug-likeness (QED) is 0.286. The predicted octanol–water partition coefficient (Wildman–Crippen LogP) is 5.20. The second kappa shape index (κ2) is 24.1. The molecule has 0 bridgehead atoms. The molecule has 0 fully saturated rings. The fourth-order valence-corrected chi connectivity index (χ4v) is 1.49. The average Bonchev–Trinajstić information content (AvgIpc) is 2.25. The third-order valence-electron chi connectivity index (χ3n) is 2.35. The van der Waals surface area contributed by atoms with Crippen LogP contribution in [0, 0.1) is 13.8 Å². The molecule has 1 heteroatoms. The van der Waals surface area contributed by atoms with E-state index in [1.165, 1.54) is 57.8 Å². The van der Waals surface area contributed by atoms with Gasteiger partial charge in [-0.2, -0.15) is 13.3 Å². The van der Waals surface area contributed by atoms with Crippen LogP contribution in [0.3, 0.4) is 0 Å². The molecule has 0 spiro atoms. The van der Waals surface area contributed by atoms with E-state index in [0.29, 0.717) is 0 Å². The van der Waals surface area contributed by atoms with Crippen molar-refractivity contribution in [2.75, 3.05) is 0 Å². The van der Waals surface area contributed by atoms with Crippen LogP contribution >= 0.6 is 0 Å². The maximum absolute atomic E-state index is 3.84. The fraction of sp³-hybridized carbons (Fsp3) is 0.857. The molecule has 88 valence electrons. The molecule has 0 rings (SSSR count). The molecular formula is C14H30Mg. The van der Waals surface area contributed by atoms with Crippen LogP contribution in [-0.4, -0.2) is 23.1 Å². The van der Waals surface area contributed by atoms with Gasteiger partial charge in [0.2, 0.25) is 0 Å². The fourth-order valence-electron chi connectivity index (χ4n) is 1.49. The minimum atomic E-state index is 0. The zero-order valence-electron chi connectivity index (χ0n) is 11.2. The number of hydrogen-bond donors (Lipinski definition) is 0. The van der Waals surface area contributed by atoms with Gasteiger partial charge in [-0.05, 0) is 0 Å². The van der Waals surface area contributed by atoms with E-state index in [2.05, 4.69) is 20.8 Å². The van der Waals surface area contributed by atoms with Crippen molar-refractivity contribution >= 4 is 23.1 Å². The molecule has 0 N–H and O–H groups in total. The zero-order chi connectivity index (χ0) is 11.1. The molecule has 0 aliphatic heterocycles. The van der Waals surface area contributed by atoms with Gasteiger partial charge in [0, 0.05) is 0 Å². The van der Waals surface area contributed by atoms with Crippen molar-refractivity contribution in [3.63, 3.8) is 0 Å². The number of unbranched alkanes of at least 4 members (excludes halogenated alkanes) is 9. The van der Waals surface area contributed by atoms with E-state index in [1.807, 2.05) is 0 Å². The van der Waals surface area contributed by atoms with Crippen molar-refractivity contribution in [2.45, 2.75) is 78.1 Å². The molecule has 0 aromatic heterocycles. The molecule has 0 aliphatic rings. The van der Waals surface area contributed by atoms with Crippen LogP contribution < -0.4 is 0 Å². The Kier molecular flexibility index (Phi) is 33.9. The van der Waals surface area contributed by atoms with Crippen LogP contribution in [-0.2, 0) is 0 Å². The van der Waals surface area contributed by atoms with E-state index >= 15 is 0 Å². The molecule has 0 aromatic carbocycles. The average molecular weight is 223 g/mol. The van der Waals surface area contributed by atoms with Gasteiger partial charge in [-0.3, -0.25) is 0 Å². The Balaban J connectivity index is -0.000000449. The molecule has 0 aliphatic carbocycles. The Morgan fingerprint density at radius 1 is 0.667 bits per heavy atom. The minimum absolute atomic E-state index is 0. The monoisotopic (exact) mass is 222 g/mol. The van der Waals surface area contributed by atoms with Gasteiger partial charge in [-0.25, -0.2) is 0 Å². The maximum atomic E-state index is 3.84. The normalized spacial score (nSPS) is 8.80. The first-order valence-corrected chi connectivity index (χ1v) is 6.41. The van der Waals surface area contributed by atoms with Crippen LogP contribution in [0.1, 0.15) is 78.1 Å². The second-order valence-electron chi connectivity index (χ2n) is 3.68. The van der Waals surface area contributed by atoms with Crippen LogP contribution in [0.15, 0.2) is 0 Å².